The van der Waals surface area contributed by atoms with Crippen molar-refractivity contribution in [3.8, 4) is 0 Å². The van der Waals surface area contributed by atoms with E-state index in [0.29, 0.717) is 19.8 Å². The van der Waals surface area contributed by atoms with E-state index in [4.69, 9.17) is 25.5 Å². The monoisotopic (exact) mass is 392 g/mol. The van der Waals surface area contributed by atoms with Crippen LogP contribution in [0.5, 0.6) is 0 Å². The summed E-state index contributed by atoms with van der Waals surface area (Å²) < 4.78 is 18.2. The van der Waals surface area contributed by atoms with Gasteiger partial charge in [0.05, 0.1) is 5.67 Å². The van der Waals surface area contributed by atoms with Crippen molar-refractivity contribution in [2.45, 2.75) is 79.3 Å². The highest BCUT2D eigenvalue weighted by molar-refractivity contribution is 7.80. The van der Waals surface area contributed by atoms with E-state index in [-0.39, 0.29) is 5.67 Å². The molecule has 0 aromatic heterocycles. The van der Waals surface area contributed by atoms with E-state index in [1.807, 2.05) is 20.8 Å². The van der Waals surface area contributed by atoms with Crippen LogP contribution in [0.4, 0.5) is 0 Å². The maximum atomic E-state index is 6.06. The molecule has 1 unspecified atom stereocenters. The second-order valence-electron chi connectivity index (χ2n) is 6.01. The third kappa shape index (κ3) is 8.82. The molecule has 0 radical (unpaired) electrons. The minimum absolute atomic E-state index is 0.0226. The molecule has 0 aliphatic rings. The van der Waals surface area contributed by atoms with Gasteiger partial charge in [0.2, 0.25) is 0 Å². The van der Waals surface area contributed by atoms with Crippen molar-refractivity contribution < 1.29 is 13.3 Å². The van der Waals surface area contributed by atoms with Crippen LogP contribution in [0.1, 0.15) is 73.6 Å². The number of hydrogen-bond acceptors (Lipinski definition) is 4. The average Bonchev–Trinajstić information content (AvgIpc) is 2.60. The molecule has 0 fully saturated rings. The molecule has 0 heterocycles. The second kappa shape index (κ2) is 14.9. The van der Waals surface area contributed by atoms with Crippen LogP contribution < -0.4 is 5.32 Å². The van der Waals surface area contributed by atoms with Crippen molar-refractivity contribution >= 4 is 26.1 Å². The lowest BCUT2D eigenvalue weighted by atomic mass is 10.3. The van der Waals surface area contributed by atoms with E-state index in [1.165, 1.54) is 0 Å². The Hall–Kier alpha value is -0.213. The molecule has 7 heteroatoms. The van der Waals surface area contributed by atoms with Crippen molar-refractivity contribution in [3.63, 3.8) is 0 Å². The van der Waals surface area contributed by atoms with Crippen LogP contribution in [0.2, 0.25) is 0 Å². The first-order valence-electron chi connectivity index (χ1n) is 10.0. The molecule has 0 saturated carbocycles. The number of hydrogen-bond donors (Lipinski definition) is 1. The first-order valence-corrected chi connectivity index (χ1v) is 12.2. The third-order valence-electron chi connectivity index (χ3n) is 4.02. The Labute approximate surface area is 162 Å². The van der Waals surface area contributed by atoms with Crippen LogP contribution in [-0.2, 0) is 13.3 Å². The van der Waals surface area contributed by atoms with E-state index in [9.17, 15) is 0 Å². The lowest BCUT2D eigenvalue weighted by Crippen LogP contribution is -2.64. The minimum Gasteiger partial charge on any atom is -0.373 e. The van der Waals surface area contributed by atoms with Gasteiger partial charge in [-0.25, -0.2) is 0 Å². The maximum Gasteiger partial charge on any atom is 0.524 e. The highest BCUT2D eigenvalue weighted by Gasteiger charge is 2.49. The van der Waals surface area contributed by atoms with Crippen LogP contribution in [0.15, 0.2) is 0 Å². The zero-order valence-corrected chi connectivity index (χ0v) is 19.0. The molecular weight excluding hydrogens is 352 g/mol. The number of rotatable bonds is 15. The lowest BCUT2D eigenvalue weighted by Gasteiger charge is -2.37. The predicted octanol–water partition coefficient (Wildman–Crippen LogP) is 4.13. The highest BCUT2D eigenvalue weighted by Crippen LogP contribution is 2.18. The Morgan fingerprint density at radius 3 is 1.64 bits per heavy atom. The molecule has 1 atom stereocenters. The van der Waals surface area contributed by atoms with Crippen molar-refractivity contribution in [2.24, 2.45) is 0 Å². The first kappa shape index (κ1) is 24.8. The normalized spacial score (nSPS) is 12.9. The van der Waals surface area contributed by atoms with Gasteiger partial charge in [-0.1, -0.05) is 33.6 Å². The Morgan fingerprint density at radius 2 is 1.32 bits per heavy atom. The van der Waals surface area contributed by atoms with Gasteiger partial charge in [0.15, 0.2) is 5.11 Å². The molecule has 0 aliphatic heterocycles. The summed E-state index contributed by atoms with van der Waals surface area (Å²) in [6.45, 7) is 16.2. The number of thiocarbonyl (C=S) groups is 1. The Bertz CT molecular complexity index is 323. The fraction of sp³-hybridized carbons (Fsp3) is 0.944. The molecule has 0 saturated heterocycles. The second-order valence-corrected chi connectivity index (χ2v) is 9.16. The summed E-state index contributed by atoms with van der Waals surface area (Å²) in [6.07, 6.45) is 5.47. The van der Waals surface area contributed by atoms with Gasteiger partial charge >= 0.3 is 8.80 Å². The summed E-state index contributed by atoms with van der Waals surface area (Å²) in [5.41, 5.74) is -0.0226. The van der Waals surface area contributed by atoms with Crippen molar-refractivity contribution in [1.29, 1.82) is 0 Å². The highest BCUT2D eigenvalue weighted by atomic mass is 32.1. The predicted molar refractivity (Wildman–Crippen MR) is 112 cm³/mol. The summed E-state index contributed by atoms with van der Waals surface area (Å²) in [5, 5.41) is 4.32. The van der Waals surface area contributed by atoms with E-state index < -0.39 is 8.80 Å². The molecule has 0 amide bonds. The molecule has 0 spiro atoms. The van der Waals surface area contributed by atoms with Gasteiger partial charge in [0.25, 0.3) is 0 Å². The quantitative estimate of drug-likeness (QED) is 0.334. The van der Waals surface area contributed by atoms with Gasteiger partial charge in [-0.2, -0.15) is 0 Å². The van der Waals surface area contributed by atoms with Gasteiger partial charge in [0, 0.05) is 32.9 Å². The van der Waals surface area contributed by atoms with E-state index in [0.717, 1.165) is 50.3 Å². The molecular formula is C18H40N2O3SSi. The smallest absolute Gasteiger partial charge is 0.373 e. The molecule has 0 aromatic carbocycles. The minimum atomic E-state index is -2.82. The fourth-order valence-electron chi connectivity index (χ4n) is 2.72. The molecule has 0 aromatic rings. The summed E-state index contributed by atoms with van der Waals surface area (Å²) in [5.74, 6) is 0. The molecule has 0 aliphatic carbocycles. The van der Waals surface area contributed by atoms with E-state index >= 15 is 0 Å². The Kier molecular flexibility index (Phi) is 14.8. The lowest BCUT2D eigenvalue weighted by molar-refractivity contribution is 0.0593. The summed E-state index contributed by atoms with van der Waals surface area (Å²) in [7, 11) is -2.82. The van der Waals surface area contributed by atoms with Crippen LogP contribution in [0.3, 0.4) is 0 Å². The van der Waals surface area contributed by atoms with Crippen molar-refractivity contribution in [1.82, 2.24) is 10.2 Å². The Balaban J connectivity index is 5.20. The van der Waals surface area contributed by atoms with Crippen LogP contribution in [0, 0.1) is 0 Å². The van der Waals surface area contributed by atoms with Crippen LogP contribution in [-0.4, -0.2) is 57.4 Å². The molecule has 25 heavy (non-hydrogen) atoms. The molecule has 0 bridgehead atoms. The molecule has 5 nitrogen and oxygen atoms in total. The topological polar surface area (TPSA) is 43.0 Å². The van der Waals surface area contributed by atoms with Gasteiger partial charge in [-0.15, -0.1) is 0 Å². The van der Waals surface area contributed by atoms with Gasteiger partial charge in [0.1, 0.15) is 0 Å². The molecule has 1 N–H and O–H groups in total. The Morgan fingerprint density at radius 1 is 0.880 bits per heavy atom. The first-order chi connectivity index (χ1) is 12.0. The van der Waals surface area contributed by atoms with Crippen LogP contribution in [0.25, 0.3) is 0 Å². The summed E-state index contributed by atoms with van der Waals surface area (Å²) >= 11 is 5.74. The molecule has 150 valence electrons. The number of unbranched alkanes of at least 4 members (excludes halogenated alkanes) is 2. The zero-order chi connectivity index (χ0) is 19.1. The summed E-state index contributed by atoms with van der Waals surface area (Å²) in [4.78, 5) is 2.29. The largest absolute Gasteiger partial charge is 0.524 e. The van der Waals surface area contributed by atoms with Crippen molar-refractivity contribution in [3.05, 3.63) is 0 Å². The van der Waals surface area contributed by atoms with Gasteiger partial charge in [-0.05, 0) is 52.3 Å². The number of nitrogens with one attached hydrogen (secondary N) is 1. The van der Waals surface area contributed by atoms with E-state index in [2.05, 4.69) is 31.0 Å². The SMILES string of the molecule is CCCCN(CCCC)C(=S)NC(CC)[Si](OCC)(OCC)OCC. The van der Waals surface area contributed by atoms with Gasteiger partial charge < -0.3 is 23.5 Å². The van der Waals surface area contributed by atoms with Crippen LogP contribution >= 0.6 is 12.2 Å². The maximum absolute atomic E-state index is 6.06. The number of nitrogens with zero attached hydrogens (tertiary/aromatic N) is 1. The molecule has 0 rings (SSSR count). The average molecular weight is 393 g/mol. The van der Waals surface area contributed by atoms with Crippen molar-refractivity contribution in [2.75, 3.05) is 32.9 Å². The van der Waals surface area contributed by atoms with Gasteiger partial charge in [-0.3, -0.25) is 0 Å². The fourth-order valence-corrected chi connectivity index (χ4v) is 6.03. The summed E-state index contributed by atoms with van der Waals surface area (Å²) in [6, 6.07) is 0. The van der Waals surface area contributed by atoms with E-state index in [1.54, 1.807) is 0 Å². The zero-order valence-electron chi connectivity index (χ0n) is 17.2. The third-order valence-corrected chi connectivity index (χ3v) is 7.88. The standard InChI is InChI=1S/C18H40N2O3SSi/c1-7-13-15-20(16-14-8-2)18(24)19-17(9-3)25(21-10-4,22-11-5)23-12-6/h17H,7-16H2,1-6H3,(H,19,24).